The Labute approximate surface area is 651 Å². The second-order valence-corrected chi connectivity index (χ2v) is 29.6. The molecule has 112 heavy (non-hydrogen) atoms. The van der Waals surface area contributed by atoms with Gasteiger partial charge in [-0.1, -0.05) is 73.9 Å². The van der Waals surface area contributed by atoms with E-state index in [1.165, 1.54) is 59.2 Å². The molecule has 27 N–H and O–H groups in total. The van der Waals surface area contributed by atoms with E-state index in [1.807, 2.05) is 13.8 Å². The van der Waals surface area contributed by atoms with Crippen LogP contribution in [0.15, 0.2) is 34.3 Å². The number of primary amides is 3. The number of nitrogens with one attached hydrogen (secondary N) is 8. The number of aromatic hydroxyl groups is 1. The molecule has 2 heterocycles. The van der Waals surface area contributed by atoms with Crippen LogP contribution < -0.4 is 82.7 Å². The van der Waals surface area contributed by atoms with Crippen LogP contribution in [0.4, 0.5) is 0 Å². The highest BCUT2D eigenvalue weighted by atomic mass is 16.5. The fourth-order valence-corrected chi connectivity index (χ4v) is 13.1. The van der Waals surface area contributed by atoms with Crippen LogP contribution in [0.5, 0.6) is 5.75 Å². The number of carbonyl (C=O) groups excluding carboxylic acids is 14. The Morgan fingerprint density at radius 3 is 1.82 bits per heavy atom. The maximum absolute atomic E-state index is 15.6. The van der Waals surface area contributed by atoms with Crippen molar-refractivity contribution < 1.29 is 102 Å². The van der Waals surface area contributed by atoms with Gasteiger partial charge in [-0.05, 0) is 119 Å². The molecule has 0 aliphatic carbocycles. The van der Waals surface area contributed by atoms with E-state index in [9.17, 15) is 68.7 Å². The van der Waals surface area contributed by atoms with E-state index in [0.29, 0.717) is 6.42 Å². The number of phenols is 1. The topological polar surface area (TPSA) is 668 Å². The van der Waals surface area contributed by atoms with Crippen molar-refractivity contribution in [3.63, 3.8) is 0 Å². The van der Waals surface area contributed by atoms with Crippen LogP contribution in [0.25, 0.3) is 0 Å². The lowest BCUT2D eigenvalue weighted by Gasteiger charge is -2.39. The van der Waals surface area contributed by atoms with Gasteiger partial charge in [-0.15, -0.1) is 0 Å². The first-order valence-electron chi connectivity index (χ1n) is 37.6. The van der Waals surface area contributed by atoms with Crippen molar-refractivity contribution in [3.05, 3.63) is 29.8 Å². The number of likely N-dealkylation sites (N-methyl/N-ethyl adjacent to an activating group) is 1. The average molecular weight is 1590 g/mol. The summed E-state index contributed by atoms with van der Waals surface area (Å²) in [5, 5.41) is 76.3. The summed E-state index contributed by atoms with van der Waals surface area (Å²) in [5.74, 6) is -21.7. The highest BCUT2D eigenvalue weighted by Crippen LogP contribution is 2.30. The molecule has 1 aromatic rings. The van der Waals surface area contributed by atoms with Crippen molar-refractivity contribution in [2.75, 3.05) is 33.8 Å². The zero-order chi connectivity index (χ0) is 84.9. The number of aliphatic hydroxyl groups excluding tert-OH is 4. The number of aliphatic imine (C=N–C) groups is 2. The molecular formula is C72H121N19O21. The molecule has 0 spiro atoms. The molecule has 2 aliphatic rings. The molecule has 40 heteroatoms. The third-order valence-corrected chi connectivity index (χ3v) is 20.2. The van der Waals surface area contributed by atoms with Gasteiger partial charge in [0.15, 0.2) is 18.0 Å². The number of aliphatic hydroxyl groups is 4. The minimum Gasteiger partial charge on any atom is -0.508 e. The van der Waals surface area contributed by atoms with Gasteiger partial charge in [0, 0.05) is 46.1 Å². The fourth-order valence-electron chi connectivity index (χ4n) is 13.1. The monoisotopic (exact) mass is 1590 g/mol. The van der Waals surface area contributed by atoms with Gasteiger partial charge >= 0.3 is 5.97 Å². The molecule has 3 rings (SSSR count). The van der Waals surface area contributed by atoms with E-state index in [2.05, 4.69) is 52.5 Å². The normalized spacial score (nSPS) is 23.4. The van der Waals surface area contributed by atoms with Crippen molar-refractivity contribution >= 4 is 94.7 Å². The minimum absolute atomic E-state index is 0.0506. The van der Waals surface area contributed by atoms with Gasteiger partial charge < -0.3 is 127 Å². The van der Waals surface area contributed by atoms with Crippen LogP contribution in [-0.4, -0.2) is 255 Å². The average Bonchev–Trinajstić information content (AvgIpc) is 0.789. The van der Waals surface area contributed by atoms with Crippen LogP contribution in [0, 0.1) is 35.5 Å². The second-order valence-electron chi connectivity index (χ2n) is 29.6. The van der Waals surface area contributed by atoms with Gasteiger partial charge in [0.1, 0.15) is 78.4 Å². The first-order chi connectivity index (χ1) is 52.4. The zero-order valence-electron chi connectivity index (χ0n) is 65.9. The Kier molecular flexibility index (Phi) is 39.5. The number of hydrogen-bond donors (Lipinski definition) is 20. The van der Waals surface area contributed by atoms with Gasteiger partial charge in [0.25, 0.3) is 5.91 Å². The zero-order valence-corrected chi connectivity index (χ0v) is 65.9. The number of fused-ring (bicyclic) bond motifs is 1. The van der Waals surface area contributed by atoms with Crippen molar-refractivity contribution in [3.8, 4) is 5.75 Å². The van der Waals surface area contributed by atoms with Crippen molar-refractivity contribution in [1.29, 1.82) is 0 Å². The summed E-state index contributed by atoms with van der Waals surface area (Å²) >= 11 is 0. The molecular weight excluding hydrogens is 1470 g/mol. The maximum atomic E-state index is 15.6. The lowest BCUT2D eigenvalue weighted by Crippen LogP contribution is -2.65. The summed E-state index contributed by atoms with van der Waals surface area (Å²) < 4.78 is 11.9. The molecule has 2 aliphatic heterocycles. The van der Waals surface area contributed by atoms with Crippen molar-refractivity contribution in [2.45, 2.75) is 250 Å². The molecule has 0 bridgehead atoms. The van der Waals surface area contributed by atoms with Crippen molar-refractivity contribution in [1.82, 2.24) is 52.3 Å². The van der Waals surface area contributed by atoms with Crippen LogP contribution in [0.3, 0.4) is 0 Å². The number of piperidine rings is 1. The molecule has 2 saturated heterocycles. The largest absolute Gasteiger partial charge is 0.508 e. The molecule has 0 saturated carbocycles. The highest BCUT2D eigenvalue weighted by Gasteiger charge is 2.47. The summed E-state index contributed by atoms with van der Waals surface area (Å²) in [6.07, 6.45) is -12.7. The molecule has 21 atom stereocenters. The summed E-state index contributed by atoms with van der Waals surface area (Å²) in [7, 11) is 2.40. The Morgan fingerprint density at radius 1 is 0.670 bits per heavy atom. The van der Waals surface area contributed by atoms with E-state index in [0.717, 1.165) is 30.1 Å². The quantitative estimate of drug-likeness (QED) is 0.0128. The molecule has 4 unspecified atom stereocenters. The summed E-state index contributed by atoms with van der Waals surface area (Å²) in [6.45, 7) is 14.6. The number of nitrogens with zero attached hydrogens (tertiary/aromatic N) is 4. The lowest BCUT2D eigenvalue weighted by atomic mass is 9.85. The van der Waals surface area contributed by atoms with Gasteiger partial charge in [0.2, 0.25) is 70.9 Å². The molecule has 2 fully saturated rings. The minimum atomic E-state index is -2.67. The van der Waals surface area contributed by atoms with Crippen LogP contribution >= 0.6 is 0 Å². The number of ether oxygens (including phenoxy) is 2. The molecule has 0 radical (unpaired) electrons. The van der Waals surface area contributed by atoms with E-state index >= 15 is 24.0 Å². The number of carbonyl (C=O) groups is 14. The number of hydrogen-bond acceptors (Lipinski definition) is 23. The predicted molar refractivity (Wildman–Crippen MR) is 406 cm³/mol. The number of nitrogens with two attached hydrogens (primary N) is 7. The lowest BCUT2D eigenvalue weighted by molar-refractivity contribution is -0.165. The second kappa shape index (κ2) is 46.1. The number of benzene rings is 1. The number of rotatable bonds is 37. The first-order valence-corrected chi connectivity index (χ1v) is 37.6. The van der Waals surface area contributed by atoms with Gasteiger partial charge in [-0.2, -0.15) is 0 Å². The number of amides is 13. The van der Waals surface area contributed by atoms with Crippen LogP contribution in [0.1, 0.15) is 164 Å². The predicted octanol–water partition coefficient (Wildman–Crippen LogP) is -5.66. The van der Waals surface area contributed by atoms with Crippen LogP contribution in [0.2, 0.25) is 0 Å². The van der Waals surface area contributed by atoms with Gasteiger partial charge in [-0.25, -0.2) is 4.79 Å². The third kappa shape index (κ3) is 29.6. The molecule has 1 aromatic carbocycles. The maximum Gasteiger partial charge on any atom is 0.329 e. The SMILES string of the molecule is CCC(C)C[C@@H](C)[C@@H](O)[C@@H](C)C(=O)N[C@@H](CC(N)=O)C(=O)N[C@@H](CCCN=C(N)N)[C@@H](O)[C@@H](O)C(=O)NC(C(=O)N[C@H]1C(=O)N[C@H]([C@H](C)O)C(=O)N[C@H](CCCN=C(N)N)C(=O)N[C@@H](CC(C)C)C(=O)N(C)[C@@H](CCC(N)=O)C(=O)N[C@H]([C@H](OC)c2ccc(O)cc2)C(=O)N2CCCC[C@H]2C(=O)O[C@@H]1C)C(C)C(C)C(N)=O. The summed E-state index contributed by atoms with van der Waals surface area (Å²) in [6, 6.07) is -13.0. The van der Waals surface area contributed by atoms with Gasteiger partial charge in [-0.3, -0.25) is 72.3 Å². The van der Waals surface area contributed by atoms with Crippen LogP contribution in [-0.2, 0) is 76.6 Å². The Balaban J connectivity index is 2.37. The van der Waals surface area contributed by atoms with E-state index in [1.54, 1.807) is 20.8 Å². The number of guanidine groups is 2. The standard InChI is InChI=1S/C72H121N19O21/c1-13-34(4)31-35(5)55(96)38(8)60(100)84-45(32-50(74)95)62(102)82-43(18-16-27-80-71(76)77)56(97)57(98)67(107)86-51(36(6)37(7)59(75)99)64(104)88-53-40(10)112-70(110)48-20-14-15-29-91(48)69(109)54(58(111-12)41-21-23-42(93)24-22-41)89-63(103)47(25-26-49(73)94)90(11)68(108)46(30-33(2)3)85-61(101)44(19-17-28-81-72(78)79)83-65(105)52(39(9)92)87-66(53)106/h21-24,33-40,43-48,51-58,92-93,96-98H,13-20,25-32H2,1-12H3,(H2,73,94)(H2,74,95)(H2,75,99)(H,82,102)(H,83,105)(H,84,100)(H,85,101)(H,86,107)(H,87,106)(H,88,104)(H,89,103)(H4,76,77,80)(H4,78,79,81)/t34?,35-,36?,37?,38-,39+,40-,43+,44-,45+,46+,47+,48+,51?,52-,53-,54-,55-,56-,57-,58-/m1/s1. The van der Waals surface area contributed by atoms with E-state index in [-0.39, 0.29) is 106 Å². The fraction of sp³-hybridized carbons (Fsp3) is 0.694. The Bertz CT molecular complexity index is 3450. The summed E-state index contributed by atoms with van der Waals surface area (Å²) in [5.41, 5.74) is 39.3. The third-order valence-electron chi connectivity index (χ3n) is 20.2. The molecule has 13 amide bonds. The Morgan fingerprint density at radius 2 is 1.27 bits per heavy atom. The van der Waals surface area contributed by atoms with Gasteiger partial charge in [0.05, 0.1) is 30.6 Å². The molecule has 40 nitrogen and oxygen atoms in total. The molecule has 0 aromatic heterocycles. The smallest absolute Gasteiger partial charge is 0.329 e. The van der Waals surface area contributed by atoms with Crippen molar-refractivity contribution in [2.24, 2.45) is 85.6 Å². The Hall–Kier alpha value is -10.1. The number of phenolic OH excluding ortho intramolecular Hbond substituents is 1. The summed E-state index contributed by atoms with van der Waals surface area (Å²) in [4.78, 5) is 211. The number of esters is 1. The highest BCUT2D eigenvalue weighted by molar-refractivity contribution is 6.00. The molecule has 630 valence electrons. The van der Waals surface area contributed by atoms with E-state index < -0.39 is 223 Å². The number of methoxy groups -OCH3 is 1. The number of cyclic esters (lactones) is 1. The first kappa shape index (κ1) is 96.1. The van der Waals surface area contributed by atoms with E-state index in [4.69, 9.17) is 49.6 Å².